The molecule has 1 N–H and O–H groups in total. The van der Waals surface area contributed by atoms with Crippen LogP contribution in [0.25, 0.3) is 0 Å². The first-order valence-electron chi connectivity index (χ1n) is 4.51. The summed E-state index contributed by atoms with van der Waals surface area (Å²) in [5, 5.41) is 2.73. The molecule has 2 nitrogen and oxygen atoms in total. The molecular formula is C9H7F5N2. The van der Waals surface area contributed by atoms with Crippen LogP contribution < -0.4 is 10.2 Å². The number of anilines is 1. The molecule has 1 aromatic carbocycles. The van der Waals surface area contributed by atoms with E-state index < -0.39 is 34.8 Å². The molecule has 1 aliphatic heterocycles. The van der Waals surface area contributed by atoms with Gasteiger partial charge in [-0.15, -0.1) is 0 Å². The predicted octanol–water partition coefficient (Wildman–Crippen LogP) is 1.75. The van der Waals surface area contributed by atoms with Crippen molar-refractivity contribution in [3.8, 4) is 0 Å². The first kappa shape index (κ1) is 11.1. The second-order valence-electron chi connectivity index (χ2n) is 3.34. The Morgan fingerprint density at radius 3 is 1.75 bits per heavy atom. The van der Waals surface area contributed by atoms with Crippen molar-refractivity contribution < 1.29 is 22.0 Å². The summed E-state index contributed by atoms with van der Waals surface area (Å²) < 4.78 is 64.9. The predicted molar refractivity (Wildman–Crippen MR) is 46.4 cm³/mol. The van der Waals surface area contributed by atoms with Gasteiger partial charge in [-0.1, -0.05) is 0 Å². The van der Waals surface area contributed by atoms with Crippen molar-refractivity contribution in [3.05, 3.63) is 29.1 Å². The molecule has 0 aliphatic carbocycles. The molecule has 0 bridgehead atoms. The van der Waals surface area contributed by atoms with Crippen LogP contribution in [0.3, 0.4) is 0 Å². The smallest absolute Gasteiger partial charge is 0.200 e. The largest absolute Gasteiger partial charge is 0.353 e. The van der Waals surface area contributed by atoms with Gasteiger partial charge in [0.25, 0.3) is 0 Å². The summed E-state index contributed by atoms with van der Waals surface area (Å²) in [6, 6.07) is 0. The third-order valence-electron chi connectivity index (χ3n) is 2.36. The molecule has 1 aliphatic rings. The average Bonchev–Trinajstić information content (AvgIpc) is 2.77. The Labute approximate surface area is 87.7 Å². The maximum atomic E-state index is 13.3. The van der Waals surface area contributed by atoms with Crippen LogP contribution >= 0.6 is 0 Å². The molecule has 0 aromatic heterocycles. The van der Waals surface area contributed by atoms with Crippen LogP contribution in [-0.2, 0) is 0 Å². The minimum Gasteiger partial charge on any atom is -0.353 e. The zero-order valence-electron chi connectivity index (χ0n) is 7.96. The fourth-order valence-electron chi connectivity index (χ4n) is 1.57. The molecule has 88 valence electrons. The standard InChI is InChI=1S/C9H7F5N2/c10-4-5(11)7(13)9(8(14)6(4)12)16-2-1-15-3-16/h15H,1-3H2. The number of hydrogen-bond donors (Lipinski definition) is 1. The van der Waals surface area contributed by atoms with E-state index >= 15 is 0 Å². The molecule has 0 atom stereocenters. The Kier molecular flexibility index (Phi) is 2.71. The second-order valence-corrected chi connectivity index (χ2v) is 3.34. The zero-order valence-corrected chi connectivity index (χ0v) is 7.96. The quantitative estimate of drug-likeness (QED) is 0.455. The highest BCUT2D eigenvalue weighted by Gasteiger charge is 2.29. The molecule has 0 unspecified atom stereocenters. The van der Waals surface area contributed by atoms with Crippen LogP contribution in [0.15, 0.2) is 0 Å². The summed E-state index contributed by atoms with van der Waals surface area (Å²) in [6.07, 6.45) is 0. The molecule has 1 aromatic rings. The monoisotopic (exact) mass is 238 g/mol. The van der Waals surface area contributed by atoms with Crippen molar-refractivity contribution in [1.29, 1.82) is 0 Å². The fourth-order valence-corrected chi connectivity index (χ4v) is 1.57. The first-order chi connectivity index (χ1) is 7.54. The van der Waals surface area contributed by atoms with E-state index in [0.29, 0.717) is 6.54 Å². The van der Waals surface area contributed by atoms with E-state index in [-0.39, 0.29) is 13.2 Å². The van der Waals surface area contributed by atoms with E-state index in [1.807, 2.05) is 0 Å². The molecular weight excluding hydrogens is 231 g/mol. The van der Waals surface area contributed by atoms with Gasteiger partial charge in [0.05, 0.1) is 6.67 Å². The van der Waals surface area contributed by atoms with Gasteiger partial charge in [0.1, 0.15) is 5.69 Å². The van der Waals surface area contributed by atoms with Gasteiger partial charge in [-0.3, -0.25) is 5.32 Å². The summed E-state index contributed by atoms with van der Waals surface area (Å²) in [5.74, 6) is -9.55. The number of rotatable bonds is 1. The van der Waals surface area contributed by atoms with Crippen molar-refractivity contribution >= 4 is 5.69 Å². The lowest BCUT2D eigenvalue weighted by Gasteiger charge is -2.18. The Bertz CT molecular complexity index is 399. The molecule has 1 fully saturated rings. The molecule has 0 saturated carbocycles. The lowest BCUT2D eigenvalue weighted by molar-refractivity contribution is 0.379. The van der Waals surface area contributed by atoms with E-state index in [1.165, 1.54) is 0 Å². The van der Waals surface area contributed by atoms with Crippen molar-refractivity contribution in [2.75, 3.05) is 24.7 Å². The summed E-state index contributed by atoms with van der Waals surface area (Å²) in [5.41, 5.74) is -0.874. The molecule has 1 heterocycles. The van der Waals surface area contributed by atoms with Gasteiger partial charge in [-0.25, -0.2) is 22.0 Å². The van der Waals surface area contributed by atoms with Crippen molar-refractivity contribution in [3.63, 3.8) is 0 Å². The topological polar surface area (TPSA) is 15.3 Å². The zero-order chi connectivity index (χ0) is 11.9. The summed E-state index contributed by atoms with van der Waals surface area (Å²) >= 11 is 0. The van der Waals surface area contributed by atoms with Gasteiger partial charge in [0, 0.05) is 13.1 Å². The number of hydrogen-bond acceptors (Lipinski definition) is 2. The Morgan fingerprint density at radius 2 is 1.31 bits per heavy atom. The number of nitrogens with zero attached hydrogens (tertiary/aromatic N) is 1. The van der Waals surface area contributed by atoms with Crippen LogP contribution in [0.1, 0.15) is 0 Å². The highest BCUT2D eigenvalue weighted by atomic mass is 19.2. The van der Waals surface area contributed by atoms with E-state index in [0.717, 1.165) is 4.90 Å². The summed E-state index contributed by atoms with van der Waals surface area (Å²) in [4.78, 5) is 1.07. The normalized spacial score (nSPS) is 15.9. The van der Waals surface area contributed by atoms with E-state index in [9.17, 15) is 22.0 Å². The first-order valence-corrected chi connectivity index (χ1v) is 4.51. The van der Waals surface area contributed by atoms with Crippen LogP contribution in [0.4, 0.5) is 27.6 Å². The molecule has 0 radical (unpaired) electrons. The second kappa shape index (κ2) is 3.89. The molecule has 7 heteroatoms. The van der Waals surface area contributed by atoms with Crippen molar-refractivity contribution in [1.82, 2.24) is 5.32 Å². The third-order valence-corrected chi connectivity index (χ3v) is 2.36. The molecule has 0 spiro atoms. The Balaban J connectivity index is 2.59. The molecule has 1 saturated heterocycles. The van der Waals surface area contributed by atoms with Gasteiger partial charge in [0.2, 0.25) is 5.82 Å². The maximum Gasteiger partial charge on any atom is 0.200 e. The van der Waals surface area contributed by atoms with Crippen LogP contribution in [-0.4, -0.2) is 19.8 Å². The van der Waals surface area contributed by atoms with E-state index in [4.69, 9.17) is 0 Å². The fraction of sp³-hybridized carbons (Fsp3) is 0.333. The van der Waals surface area contributed by atoms with Crippen LogP contribution in [0, 0.1) is 29.1 Å². The third kappa shape index (κ3) is 1.51. The average molecular weight is 238 g/mol. The van der Waals surface area contributed by atoms with E-state index in [1.54, 1.807) is 0 Å². The van der Waals surface area contributed by atoms with Crippen molar-refractivity contribution in [2.24, 2.45) is 0 Å². The molecule has 2 rings (SSSR count). The molecule has 0 amide bonds. The van der Waals surface area contributed by atoms with Crippen molar-refractivity contribution in [2.45, 2.75) is 0 Å². The minimum absolute atomic E-state index is 0.0539. The highest BCUT2D eigenvalue weighted by Crippen LogP contribution is 2.30. The van der Waals surface area contributed by atoms with Crippen LogP contribution in [0.5, 0.6) is 0 Å². The number of halogens is 5. The summed E-state index contributed by atoms with van der Waals surface area (Å²) in [7, 11) is 0. The summed E-state index contributed by atoms with van der Waals surface area (Å²) in [6.45, 7) is 0.677. The van der Waals surface area contributed by atoms with Gasteiger partial charge < -0.3 is 4.90 Å². The highest BCUT2D eigenvalue weighted by molar-refractivity contribution is 5.51. The van der Waals surface area contributed by atoms with Gasteiger partial charge in [-0.2, -0.15) is 0 Å². The SMILES string of the molecule is Fc1c(F)c(F)c(N2CCNC2)c(F)c1F. The Morgan fingerprint density at radius 1 is 0.812 bits per heavy atom. The lowest BCUT2D eigenvalue weighted by atomic mass is 10.2. The minimum atomic E-state index is -2.13. The van der Waals surface area contributed by atoms with E-state index in [2.05, 4.69) is 5.32 Å². The Hall–Kier alpha value is -1.37. The van der Waals surface area contributed by atoms with Gasteiger partial charge >= 0.3 is 0 Å². The number of benzene rings is 1. The van der Waals surface area contributed by atoms with Crippen LogP contribution in [0.2, 0.25) is 0 Å². The van der Waals surface area contributed by atoms with Gasteiger partial charge in [0.15, 0.2) is 23.3 Å². The molecule has 16 heavy (non-hydrogen) atoms. The number of nitrogens with one attached hydrogen (secondary N) is 1. The van der Waals surface area contributed by atoms with Gasteiger partial charge in [-0.05, 0) is 0 Å². The maximum absolute atomic E-state index is 13.3. The lowest BCUT2D eigenvalue weighted by Crippen LogP contribution is -2.25.